The molecule has 0 bridgehead atoms. The molecule has 2 aromatic carbocycles. The van der Waals surface area contributed by atoms with Crippen molar-refractivity contribution in [1.29, 1.82) is 0 Å². The molecule has 18 heavy (non-hydrogen) atoms. The van der Waals surface area contributed by atoms with Crippen LogP contribution in [0.25, 0.3) is 10.8 Å². The number of hydrogen-bond donors (Lipinski definition) is 0. The van der Waals surface area contributed by atoms with E-state index in [0.717, 1.165) is 21.0 Å². The minimum absolute atomic E-state index is 0.625. The smallest absolute Gasteiger partial charge is 0.227 e. The van der Waals surface area contributed by atoms with Crippen LogP contribution in [0.1, 0.15) is 0 Å². The van der Waals surface area contributed by atoms with Crippen LogP contribution in [0.3, 0.4) is 0 Å². The van der Waals surface area contributed by atoms with Crippen molar-refractivity contribution < 1.29 is 4.74 Å². The first kappa shape index (κ1) is 11.2. The van der Waals surface area contributed by atoms with Crippen molar-refractivity contribution in [2.45, 2.75) is 0 Å². The Kier molecular flexibility index (Phi) is 2.99. The molecule has 0 fully saturated rings. The van der Waals surface area contributed by atoms with Crippen LogP contribution in [0, 0.1) is 0 Å². The zero-order valence-electron chi connectivity index (χ0n) is 9.51. The highest BCUT2D eigenvalue weighted by molar-refractivity contribution is 9.10. The molecule has 0 saturated carbocycles. The summed E-state index contributed by atoms with van der Waals surface area (Å²) in [6.45, 7) is 0. The summed E-state index contributed by atoms with van der Waals surface area (Å²) >= 11 is 3.47. The molecule has 0 N–H and O–H groups in total. The summed E-state index contributed by atoms with van der Waals surface area (Å²) in [7, 11) is 0. The number of fused-ring (bicyclic) bond motifs is 1. The second-order valence-electron chi connectivity index (χ2n) is 3.90. The zero-order chi connectivity index (χ0) is 12.4. The van der Waals surface area contributed by atoms with Crippen LogP contribution in [0.2, 0.25) is 0 Å². The Morgan fingerprint density at radius 2 is 1.78 bits per heavy atom. The number of benzene rings is 2. The molecular weight excluding hydrogens is 290 g/mol. The lowest BCUT2D eigenvalue weighted by Gasteiger charge is -2.07. The topological polar surface area (TPSA) is 22.1 Å². The number of para-hydroxylation sites is 1. The molecule has 88 valence electrons. The van der Waals surface area contributed by atoms with Gasteiger partial charge in [0.2, 0.25) is 5.88 Å². The summed E-state index contributed by atoms with van der Waals surface area (Å²) in [6.07, 6.45) is 1.76. The van der Waals surface area contributed by atoms with Gasteiger partial charge in [0.1, 0.15) is 5.75 Å². The number of hydrogen-bond acceptors (Lipinski definition) is 2. The van der Waals surface area contributed by atoms with E-state index < -0.39 is 0 Å². The van der Waals surface area contributed by atoms with E-state index in [4.69, 9.17) is 4.74 Å². The third-order valence-electron chi connectivity index (χ3n) is 2.65. The fourth-order valence-corrected chi connectivity index (χ4v) is 2.16. The van der Waals surface area contributed by atoms with Crippen LogP contribution in [0.5, 0.6) is 11.6 Å². The number of rotatable bonds is 2. The standard InChI is InChI=1S/C15H10BrNO/c16-12-7-6-11-8-9-17-15(14(11)10-12)18-13-4-2-1-3-5-13/h1-10H. The molecule has 0 spiro atoms. The van der Waals surface area contributed by atoms with Gasteiger partial charge in [-0.05, 0) is 35.7 Å². The Hall–Kier alpha value is -1.87. The van der Waals surface area contributed by atoms with Crippen LogP contribution in [-0.2, 0) is 0 Å². The second-order valence-corrected chi connectivity index (χ2v) is 4.81. The maximum Gasteiger partial charge on any atom is 0.227 e. The minimum atomic E-state index is 0.625. The average molecular weight is 300 g/mol. The first-order valence-electron chi connectivity index (χ1n) is 5.60. The van der Waals surface area contributed by atoms with Gasteiger partial charge in [0, 0.05) is 16.1 Å². The lowest BCUT2D eigenvalue weighted by molar-refractivity contribution is 0.469. The van der Waals surface area contributed by atoms with Gasteiger partial charge in [-0.3, -0.25) is 0 Å². The third-order valence-corrected chi connectivity index (χ3v) is 3.14. The number of nitrogens with zero attached hydrogens (tertiary/aromatic N) is 1. The predicted octanol–water partition coefficient (Wildman–Crippen LogP) is 4.79. The lowest BCUT2D eigenvalue weighted by atomic mass is 10.2. The molecule has 0 amide bonds. The summed E-state index contributed by atoms with van der Waals surface area (Å²) in [5.74, 6) is 1.41. The van der Waals surface area contributed by atoms with E-state index in [1.54, 1.807) is 6.20 Å². The number of halogens is 1. The molecule has 1 heterocycles. The van der Waals surface area contributed by atoms with Crippen molar-refractivity contribution >= 4 is 26.7 Å². The summed E-state index contributed by atoms with van der Waals surface area (Å²) < 4.78 is 6.83. The van der Waals surface area contributed by atoms with Gasteiger partial charge in [0.15, 0.2) is 0 Å². The van der Waals surface area contributed by atoms with Gasteiger partial charge in [-0.25, -0.2) is 4.98 Å². The van der Waals surface area contributed by atoms with E-state index in [9.17, 15) is 0 Å². The van der Waals surface area contributed by atoms with Crippen molar-refractivity contribution in [3.8, 4) is 11.6 Å². The zero-order valence-corrected chi connectivity index (χ0v) is 11.1. The van der Waals surface area contributed by atoms with Gasteiger partial charge in [0.05, 0.1) is 0 Å². The third kappa shape index (κ3) is 2.22. The van der Waals surface area contributed by atoms with E-state index in [0.29, 0.717) is 5.88 Å². The molecule has 3 rings (SSSR count). The van der Waals surface area contributed by atoms with E-state index >= 15 is 0 Å². The second kappa shape index (κ2) is 4.78. The van der Waals surface area contributed by atoms with Gasteiger partial charge in [0.25, 0.3) is 0 Å². The highest BCUT2D eigenvalue weighted by Gasteiger charge is 2.05. The number of ether oxygens (including phenoxy) is 1. The fourth-order valence-electron chi connectivity index (χ4n) is 1.80. The van der Waals surface area contributed by atoms with E-state index in [1.165, 1.54) is 0 Å². The predicted molar refractivity (Wildman–Crippen MR) is 76.0 cm³/mol. The maximum atomic E-state index is 5.81. The van der Waals surface area contributed by atoms with Crippen molar-refractivity contribution in [2.75, 3.05) is 0 Å². The summed E-state index contributed by atoms with van der Waals surface area (Å²) in [5.41, 5.74) is 0. The Labute approximate surface area is 113 Å². The molecule has 0 unspecified atom stereocenters. The van der Waals surface area contributed by atoms with E-state index in [-0.39, 0.29) is 0 Å². The Bertz CT molecular complexity index is 682. The molecule has 0 aliphatic heterocycles. The summed E-state index contributed by atoms with van der Waals surface area (Å²) in [6, 6.07) is 17.7. The summed E-state index contributed by atoms with van der Waals surface area (Å²) in [5, 5.41) is 2.11. The lowest BCUT2D eigenvalue weighted by Crippen LogP contribution is -1.89. The van der Waals surface area contributed by atoms with E-state index in [2.05, 4.69) is 20.9 Å². The average Bonchev–Trinajstić information content (AvgIpc) is 2.41. The SMILES string of the molecule is Brc1ccc2ccnc(Oc3ccccc3)c2c1. The number of aromatic nitrogens is 1. The molecular formula is C15H10BrNO. The van der Waals surface area contributed by atoms with Crippen molar-refractivity contribution in [2.24, 2.45) is 0 Å². The normalized spacial score (nSPS) is 10.5. The molecule has 2 nitrogen and oxygen atoms in total. The Morgan fingerprint density at radius 1 is 0.944 bits per heavy atom. The molecule has 0 aliphatic carbocycles. The first-order chi connectivity index (χ1) is 8.83. The molecule has 3 aromatic rings. The Morgan fingerprint density at radius 3 is 2.61 bits per heavy atom. The summed E-state index contributed by atoms with van der Waals surface area (Å²) in [4.78, 5) is 4.30. The molecule has 0 aliphatic rings. The minimum Gasteiger partial charge on any atom is -0.438 e. The van der Waals surface area contributed by atoms with Crippen LogP contribution in [0.15, 0.2) is 65.3 Å². The van der Waals surface area contributed by atoms with Crippen LogP contribution < -0.4 is 4.74 Å². The van der Waals surface area contributed by atoms with Crippen LogP contribution >= 0.6 is 15.9 Å². The molecule has 0 saturated heterocycles. The maximum absolute atomic E-state index is 5.81. The van der Waals surface area contributed by atoms with Crippen molar-refractivity contribution in [3.05, 3.63) is 65.3 Å². The van der Waals surface area contributed by atoms with Crippen molar-refractivity contribution in [1.82, 2.24) is 4.98 Å². The van der Waals surface area contributed by atoms with Crippen LogP contribution in [-0.4, -0.2) is 4.98 Å². The molecule has 3 heteroatoms. The Balaban J connectivity index is 2.09. The monoisotopic (exact) mass is 299 g/mol. The van der Waals surface area contributed by atoms with Gasteiger partial charge >= 0.3 is 0 Å². The van der Waals surface area contributed by atoms with Gasteiger partial charge in [-0.15, -0.1) is 0 Å². The van der Waals surface area contributed by atoms with Gasteiger partial charge in [-0.2, -0.15) is 0 Å². The molecule has 1 aromatic heterocycles. The van der Waals surface area contributed by atoms with E-state index in [1.807, 2.05) is 54.6 Å². The van der Waals surface area contributed by atoms with Gasteiger partial charge < -0.3 is 4.74 Å². The fraction of sp³-hybridized carbons (Fsp3) is 0. The van der Waals surface area contributed by atoms with Crippen molar-refractivity contribution in [3.63, 3.8) is 0 Å². The molecule has 0 atom stereocenters. The van der Waals surface area contributed by atoms with Crippen LogP contribution in [0.4, 0.5) is 0 Å². The first-order valence-corrected chi connectivity index (χ1v) is 6.39. The quantitative estimate of drug-likeness (QED) is 0.679. The molecule has 0 radical (unpaired) electrons. The number of pyridine rings is 1. The highest BCUT2D eigenvalue weighted by atomic mass is 79.9. The van der Waals surface area contributed by atoms with Gasteiger partial charge in [-0.1, -0.05) is 40.2 Å². The largest absolute Gasteiger partial charge is 0.438 e. The highest BCUT2D eigenvalue weighted by Crippen LogP contribution is 2.29.